The van der Waals surface area contributed by atoms with Gasteiger partial charge in [-0.3, -0.25) is 0 Å². The summed E-state index contributed by atoms with van der Waals surface area (Å²) in [5.41, 5.74) is 0. The van der Waals surface area contributed by atoms with Gasteiger partial charge in [-0.05, 0) is 24.3 Å². The van der Waals surface area contributed by atoms with E-state index in [1.54, 1.807) is 36.4 Å². The summed E-state index contributed by atoms with van der Waals surface area (Å²) in [6, 6.07) is 14.8. The van der Waals surface area contributed by atoms with Crippen LogP contribution in [0.5, 0.6) is 17.2 Å². The number of phenolic OH excluding ortho intramolecular Hbond substituents is 1. The molecule has 4 nitrogen and oxygen atoms in total. The highest BCUT2D eigenvalue weighted by Crippen LogP contribution is 2.31. The number of phenols is 1. The molecule has 0 spiro atoms. The fourth-order valence-electron chi connectivity index (χ4n) is 1.25. The van der Waals surface area contributed by atoms with Crippen molar-refractivity contribution in [3.8, 4) is 17.2 Å². The summed E-state index contributed by atoms with van der Waals surface area (Å²) in [7, 11) is -2.67. The maximum absolute atomic E-state index is 11.6. The SMILES string of the molecule is O=[PH](Oc1ccccc1)Oc1cccc(O)c1. The zero-order chi connectivity index (χ0) is 12.1. The first-order valence-corrected chi connectivity index (χ1v) is 6.20. The molecule has 0 bridgehead atoms. The third-order valence-electron chi connectivity index (χ3n) is 1.96. The molecule has 0 saturated carbocycles. The monoisotopic (exact) mass is 250 g/mol. The minimum atomic E-state index is -2.67. The lowest BCUT2D eigenvalue weighted by molar-refractivity contribution is 0.413. The van der Waals surface area contributed by atoms with Crippen LogP contribution in [0.3, 0.4) is 0 Å². The first-order valence-electron chi connectivity index (χ1n) is 4.98. The Balaban J connectivity index is 1.98. The summed E-state index contributed by atoms with van der Waals surface area (Å²) in [6.45, 7) is 0. The normalized spacial score (nSPS) is 11.8. The molecule has 0 saturated heterocycles. The minimum Gasteiger partial charge on any atom is -0.508 e. The van der Waals surface area contributed by atoms with Gasteiger partial charge in [-0.1, -0.05) is 24.3 Å². The van der Waals surface area contributed by atoms with E-state index in [9.17, 15) is 9.67 Å². The standard InChI is InChI=1S/C12H11O4P/c13-10-5-4-8-12(9-10)16-17(14)15-11-6-2-1-3-7-11/h1-9,13,17H. The van der Waals surface area contributed by atoms with Gasteiger partial charge >= 0.3 is 8.25 Å². The van der Waals surface area contributed by atoms with Crippen LogP contribution in [0.2, 0.25) is 0 Å². The van der Waals surface area contributed by atoms with Crippen LogP contribution in [-0.2, 0) is 4.57 Å². The molecule has 1 N–H and O–H groups in total. The van der Waals surface area contributed by atoms with Crippen molar-refractivity contribution < 1.29 is 18.7 Å². The molecule has 88 valence electrons. The smallest absolute Gasteiger partial charge is 0.418 e. The Labute approximate surface area is 99.4 Å². The average Bonchev–Trinajstić information content (AvgIpc) is 2.30. The highest BCUT2D eigenvalue weighted by molar-refractivity contribution is 7.34. The number of hydrogen-bond acceptors (Lipinski definition) is 4. The summed E-state index contributed by atoms with van der Waals surface area (Å²) in [6.07, 6.45) is 0. The van der Waals surface area contributed by atoms with E-state index in [2.05, 4.69) is 0 Å². The van der Waals surface area contributed by atoms with Crippen LogP contribution in [0.4, 0.5) is 0 Å². The average molecular weight is 250 g/mol. The molecular formula is C12H11O4P. The summed E-state index contributed by atoms with van der Waals surface area (Å²) in [5, 5.41) is 9.20. The van der Waals surface area contributed by atoms with Gasteiger partial charge in [0.05, 0.1) is 0 Å². The van der Waals surface area contributed by atoms with Crippen molar-refractivity contribution in [3.63, 3.8) is 0 Å². The van der Waals surface area contributed by atoms with E-state index >= 15 is 0 Å². The van der Waals surface area contributed by atoms with Crippen molar-refractivity contribution >= 4 is 8.25 Å². The van der Waals surface area contributed by atoms with Gasteiger partial charge in [0.2, 0.25) is 0 Å². The van der Waals surface area contributed by atoms with Crippen LogP contribution in [0.1, 0.15) is 0 Å². The summed E-state index contributed by atoms with van der Waals surface area (Å²) in [5.74, 6) is 0.846. The number of aromatic hydroxyl groups is 1. The molecule has 5 heteroatoms. The highest BCUT2D eigenvalue weighted by atomic mass is 31.1. The minimum absolute atomic E-state index is 0.0528. The molecule has 2 aromatic carbocycles. The van der Waals surface area contributed by atoms with Gasteiger partial charge in [-0.25, -0.2) is 4.57 Å². The van der Waals surface area contributed by atoms with Gasteiger partial charge in [0.15, 0.2) is 0 Å². The van der Waals surface area contributed by atoms with E-state index in [0.717, 1.165) is 0 Å². The van der Waals surface area contributed by atoms with E-state index in [1.807, 2.05) is 6.07 Å². The second-order valence-corrected chi connectivity index (χ2v) is 4.17. The third kappa shape index (κ3) is 3.54. The van der Waals surface area contributed by atoms with Crippen LogP contribution in [0.15, 0.2) is 54.6 Å². The first-order chi connectivity index (χ1) is 8.24. The molecule has 17 heavy (non-hydrogen) atoms. The molecule has 0 amide bonds. The number of rotatable bonds is 4. The molecule has 2 aromatic rings. The van der Waals surface area contributed by atoms with Gasteiger partial charge in [0.1, 0.15) is 17.2 Å². The Morgan fingerprint density at radius 1 is 0.882 bits per heavy atom. The topological polar surface area (TPSA) is 55.8 Å². The number of hydrogen-bond donors (Lipinski definition) is 1. The zero-order valence-corrected chi connectivity index (χ0v) is 9.87. The van der Waals surface area contributed by atoms with Crippen LogP contribution in [-0.4, -0.2) is 5.11 Å². The van der Waals surface area contributed by atoms with Gasteiger partial charge in [-0.2, -0.15) is 0 Å². The lowest BCUT2D eigenvalue weighted by Gasteiger charge is -2.07. The molecule has 0 radical (unpaired) electrons. The molecule has 0 aliphatic heterocycles. The summed E-state index contributed by atoms with van der Waals surface area (Å²) in [4.78, 5) is 0. The predicted octanol–water partition coefficient (Wildman–Crippen LogP) is 3.24. The van der Waals surface area contributed by atoms with Crippen molar-refractivity contribution in [2.24, 2.45) is 0 Å². The fourth-order valence-corrected chi connectivity index (χ4v) is 1.94. The van der Waals surface area contributed by atoms with Gasteiger partial charge in [0.25, 0.3) is 0 Å². The van der Waals surface area contributed by atoms with Gasteiger partial charge in [-0.15, -0.1) is 0 Å². The van der Waals surface area contributed by atoms with Crippen molar-refractivity contribution in [2.45, 2.75) is 0 Å². The Kier molecular flexibility index (Phi) is 3.68. The largest absolute Gasteiger partial charge is 0.508 e. The van der Waals surface area contributed by atoms with E-state index in [0.29, 0.717) is 11.5 Å². The van der Waals surface area contributed by atoms with Gasteiger partial charge in [0, 0.05) is 6.07 Å². The molecule has 0 aliphatic rings. The Morgan fingerprint density at radius 3 is 2.24 bits per heavy atom. The Hall–Kier alpha value is -1.93. The molecular weight excluding hydrogens is 239 g/mol. The van der Waals surface area contributed by atoms with E-state index in [-0.39, 0.29) is 5.75 Å². The molecule has 0 fully saturated rings. The van der Waals surface area contributed by atoms with Crippen molar-refractivity contribution in [1.29, 1.82) is 0 Å². The zero-order valence-electron chi connectivity index (χ0n) is 8.87. The van der Waals surface area contributed by atoms with Gasteiger partial charge < -0.3 is 14.2 Å². The van der Waals surface area contributed by atoms with Crippen molar-refractivity contribution in [1.82, 2.24) is 0 Å². The Morgan fingerprint density at radius 2 is 1.53 bits per heavy atom. The molecule has 0 heterocycles. The van der Waals surface area contributed by atoms with Crippen molar-refractivity contribution in [3.05, 3.63) is 54.6 Å². The summed E-state index contributed by atoms with van der Waals surface area (Å²) >= 11 is 0. The van der Waals surface area contributed by atoms with Crippen LogP contribution < -0.4 is 9.05 Å². The van der Waals surface area contributed by atoms with Crippen molar-refractivity contribution in [2.75, 3.05) is 0 Å². The molecule has 2 rings (SSSR count). The number of para-hydroxylation sites is 1. The first kappa shape index (κ1) is 11.6. The highest BCUT2D eigenvalue weighted by Gasteiger charge is 2.04. The maximum atomic E-state index is 11.6. The summed E-state index contributed by atoms with van der Waals surface area (Å²) < 4.78 is 21.7. The molecule has 1 unspecified atom stereocenters. The number of benzene rings is 2. The van der Waals surface area contributed by atoms with E-state index in [1.165, 1.54) is 12.1 Å². The molecule has 0 aromatic heterocycles. The molecule has 1 atom stereocenters. The van der Waals surface area contributed by atoms with E-state index < -0.39 is 8.25 Å². The second-order valence-electron chi connectivity index (χ2n) is 3.26. The van der Waals surface area contributed by atoms with Crippen LogP contribution in [0.25, 0.3) is 0 Å². The maximum Gasteiger partial charge on any atom is 0.418 e. The van der Waals surface area contributed by atoms with Crippen LogP contribution in [0, 0.1) is 0 Å². The van der Waals surface area contributed by atoms with E-state index in [4.69, 9.17) is 9.05 Å². The lowest BCUT2D eigenvalue weighted by atomic mass is 10.3. The lowest BCUT2D eigenvalue weighted by Crippen LogP contribution is -1.88. The second kappa shape index (κ2) is 5.41. The molecule has 0 aliphatic carbocycles. The third-order valence-corrected chi connectivity index (χ3v) is 2.77. The Bertz CT molecular complexity index is 513. The predicted molar refractivity (Wildman–Crippen MR) is 64.8 cm³/mol. The quantitative estimate of drug-likeness (QED) is 0.846. The van der Waals surface area contributed by atoms with Crippen LogP contribution >= 0.6 is 8.25 Å². The fraction of sp³-hybridized carbons (Fsp3) is 0.